The SMILES string of the molecule is c1ccc(C2=NC(c3cccc4sc5ccc(-c6cccc7c6-c6ccccc6C76c7ccccc7-c7ccccc76)cc5c34)N=C(c3ccccc3)N2)cc1. The molecule has 1 spiro atoms. The van der Waals surface area contributed by atoms with Crippen LogP contribution in [0, 0.1) is 0 Å². The first-order valence-electron chi connectivity index (χ1n) is 19.2. The summed E-state index contributed by atoms with van der Waals surface area (Å²) in [5, 5.41) is 6.02. The summed E-state index contributed by atoms with van der Waals surface area (Å²) in [6, 6.07) is 68.5. The number of amidine groups is 2. The molecule has 0 saturated carbocycles. The molecule has 4 heteroatoms. The van der Waals surface area contributed by atoms with E-state index < -0.39 is 6.17 Å². The molecule has 0 fully saturated rings. The van der Waals surface area contributed by atoms with Crippen LogP contribution in [0.5, 0.6) is 0 Å². The Morgan fingerprint density at radius 3 is 1.62 bits per heavy atom. The minimum absolute atomic E-state index is 0.376. The quantitative estimate of drug-likeness (QED) is 0.192. The Labute approximate surface area is 329 Å². The van der Waals surface area contributed by atoms with Crippen molar-refractivity contribution in [3.63, 3.8) is 0 Å². The summed E-state index contributed by atoms with van der Waals surface area (Å²) in [7, 11) is 0. The number of fused-ring (bicyclic) bond motifs is 13. The predicted octanol–water partition coefficient (Wildman–Crippen LogP) is 12.6. The highest BCUT2D eigenvalue weighted by atomic mass is 32.1. The third-order valence-corrected chi connectivity index (χ3v) is 13.1. The van der Waals surface area contributed by atoms with Crippen LogP contribution in [0.25, 0.3) is 53.6 Å². The second-order valence-electron chi connectivity index (χ2n) is 14.8. The van der Waals surface area contributed by atoms with Gasteiger partial charge in [-0.3, -0.25) is 0 Å². The topological polar surface area (TPSA) is 36.8 Å². The van der Waals surface area contributed by atoms with Crippen LogP contribution in [-0.2, 0) is 5.41 Å². The smallest absolute Gasteiger partial charge is 0.170 e. The maximum Gasteiger partial charge on any atom is 0.170 e. The third kappa shape index (κ3) is 4.39. The lowest BCUT2D eigenvalue weighted by Crippen LogP contribution is -2.36. The Kier molecular flexibility index (Phi) is 6.78. The number of nitrogens with one attached hydrogen (secondary N) is 1. The Morgan fingerprint density at radius 1 is 0.429 bits per heavy atom. The lowest BCUT2D eigenvalue weighted by atomic mass is 9.70. The first-order chi connectivity index (χ1) is 27.8. The van der Waals surface area contributed by atoms with E-state index in [-0.39, 0.29) is 5.41 Å². The molecule has 0 atom stereocenters. The minimum Gasteiger partial charge on any atom is -0.324 e. The normalized spacial score (nSPS) is 14.9. The van der Waals surface area contributed by atoms with Gasteiger partial charge in [-0.1, -0.05) is 170 Å². The van der Waals surface area contributed by atoms with Gasteiger partial charge in [0.15, 0.2) is 6.17 Å². The summed E-state index contributed by atoms with van der Waals surface area (Å²) in [5.74, 6) is 1.65. The molecule has 0 saturated heterocycles. The summed E-state index contributed by atoms with van der Waals surface area (Å²) in [6.45, 7) is 0. The molecular formula is C52H33N3S. The fraction of sp³-hybridized carbons (Fsp3) is 0.0385. The van der Waals surface area contributed by atoms with Crippen molar-refractivity contribution in [1.29, 1.82) is 0 Å². The fourth-order valence-electron chi connectivity index (χ4n) is 9.70. The van der Waals surface area contributed by atoms with E-state index in [0.717, 1.165) is 28.4 Å². The van der Waals surface area contributed by atoms with E-state index >= 15 is 0 Å². The molecule has 1 aromatic heterocycles. The van der Waals surface area contributed by atoms with Gasteiger partial charge in [-0.25, -0.2) is 9.98 Å². The zero-order valence-corrected chi connectivity index (χ0v) is 31.1. The third-order valence-electron chi connectivity index (χ3n) is 12.0. The zero-order chi connectivity index (χ0) is 36.8. The number of hydrogen-bond donors (Lipinski definition) is 1. The second kappa shape index (κ2) is 12.1. The highest BCUT2D eigenvalue weighted by Gasteiger charge is 2.51. The van der Waals surface area contributed by atoms with Gasteiger partial charge in [-0.2, -0.15) is 0 Å². The predicted molar refractivity (Wildman–Crippen MR) is 233 cm³/mol. The molecule has 0 bridgehead atoms. The average molecular weight is 732 g/mol. The molecule has 262 valence electrons. The number of thiophene rings is 1. The van der Waals surface area contributed by atoms with Crippen molar-refractivity contribution >= 4 is 43.2 Å². The molecule has 3 nitrogen and oxygen atoms in total. The molecule has 3 aliphatic rings. The number of benzene rings is 8. The van der Waals surface area contributed by atoms with Crippen LogP contribution in [0.2, 0.25) is 0 Å². The monoisotopic (exact) mass is 731 g/mol. The van der Waals surface area contributed by atoms with Crippen molar-refractivity contribution in [1.82, 2.24) is 5.32 Å². The van der Waals surface area contributed by atoms with Crippen LogP contribution >= 0.6 is 11.3 Å². The van der Waals surface area contributed by atoms with Crippen LogP contribution in [0.15, 0.2) is 198 Å². The van der Waals surface area contributed by atoms with E-state index in [4.69, 9.17) is 9.98 Å². The highest BCUT2D eigenvalue weighted by molar-refractivity contribution is 7.25. The van der Waals surface area contributed by atoms with E-state index in [1.165, 1.54) is 75.8 Å². The van der Waals surface area contributed by atoms with Crippen LogP contribution in [0.4, 0.5) is 0 Å². The van der Waals surface area contributed by atoms with E-state index in [1.807, 2.05) is 23.5 Å². The first kappa shape index (κ1) is 31.5. The van der Waals surface area contributed by atoms with Gasteiger partial charge >= 0.3 is 0 Å². The molecule has 9 aromatic rings. The van der Waals surface area contributed by atoms with Crippen molar-refractivity contribution in [2.24, 2.45) is 9.98 Å². The standard InChI is InChI=1S/C52H33N3S/c1-3-15-32(16-4-1)49-53-50(33-17-5-2-6-18-33)55-51(54-49)39-23-14-28-46-48(39)40-31-34(29-30-45(40)56-46)35-22-13-27-44-47(35)38-21-9-12-26-43(38)52(44)41-24-10-7-19-36(41)37-20-8-11-25-42(37)52/h1-31,51H,(H,53,54,55). The maximum atomic E-state index is 5.29. The molecule has 12 rings (SSSR count). The highest BCUT2D eigenvalue weighted by Crippen LogP contribution is 2.64. The van der Waals surface area contributed by atoms with Crippen LogP contribution in [0.3, 0.4) is 0 Å². The van der Waals surface area contributed by atoms with Gasteiger partial charge in [0.05, 0.1) is 5.41 Å². The first-order valence-corrected chi connectivity index (χ1v) is 20.0. The van der Waals surface area contributed by atoms with Crippen molar-refractivity contribution in [2.45, 2.75) is 11.6 Å². The number of aliphatic imine (C=N–C) groups is 2. The van der Waals surface area contributed by atoms with Gasteiger partial charge in [-0.05, 0) is 73.8 Å². The van der Waals surface area contributed by atoms with Gasteiger partial charge in [0.25, 0.3) is 0 Å². The van der Waals surface area contributed by atoms with Crippen molar-refractivity contribution in [3.05, 3.63) is 227 Å². The molecule has 8 aromatic carbocycles. The van der Waals surface area contributed by atoms with E-state index in [2.05, 4.69) is 181 Å². The van der Waals surface area contributed by atoms with Crippen LogP contribution < -0.4 is 5.32 Å². The molecule has 2 heterocycles. The minimum atomic E-state index is -0.415. The van der Waals surface area contributed by atoms with Crippen molar-refractivity contribution in [3.8, 4) is 33.4 Å². The molecule has 56 heavy (non-hydrogen) atoms. The van der Waals surface area contributed by atoms with Gasteiger partial charge in [0.1, 0.15) is 11.7 Å². The van der Waals surface area contributed by atoms with Crippen LogP contribution in [-0.4, -0.2) is 11.7 Å². The zero-order valence-electron chi connectivity index (χ0n) is 30.3. The average Bonchev–Trinajstić information content (AvgIpc) is 3.91. The summed E-state index contributed by atoms with van der Waals surface area (Å²) < 4.78 is 2.50. The number of hydrogen-bond acceptors (Lipinski definition) is 4. The summed E-state index contributed by atoms with van der Waals surface area (Å²) in [4.78, 5) is 10.6. The summed E-state index contributed by atoms with van der Waals surface area (Å²) in [5.41, 5.74) is 16.0. The van der Waals surface area contributed by atoms with E-state index in [1.54, 1.807) is 0 Å². The Balaban J connectivity index is 1.07. The lowest BCUT2D eigenvalue weighted by molar-refractivity contribution is 0.763. The Morgan fingerprint density at radius 2 is 0.964 bits per heavy atom. The van der Waals surface area contributed by atoms with E-state index in [9.17, 15) is 0 Å². The van der Waals surface area contributed by atoms with Gasteiger partial charge in [0, 0.05) is 36.9 Å². The fourth-order valence-corrected chi connectivity index (χ4v) is 10.8. The molecule has 0 unspecified atom stereocenters. The molecular weight excluding hydrogens is 699 g/mol. The van der Waals surface area contributed by atoms with E-state index in [0.29, 0.717) is 0 Å². The molecule has 2 aliphatic carbocycles. The number of nitrogens with zero attached hydrogens (tertiary/aromatic N) is 2. The Bertz CT molecular complexity index is 3020. The second-order valence-corrected chi connectivity index (χ2v) is 15.9. The summed E-state index contributed by atoms with van der Waals surface area (Å²) >= 11 is 1.84. The Hall–Kier alpha value is -6.88. The summed E-state index contributed by atoms with van der Waals surface area (Å²) in [6.07, 6.45) is -0.415. The molecule has 1 N–H and O–H groups in total. The van der Waals surface area contributed by atoms with Crippen LogP contribution in [0.1, 0.15) is 45.1 Å². The molecule has 0 radical (unpaired) electrons. The van der Waals surface area contributed by atoms with Crippen molar-refractivity contribution in [2.75, 3.05) is 0 Å². The van der Waals surface area contributed by atoms with Gasteiger partial charge in [-0.15, -0.1) is 11.3 Å². The molecule has 0 amide bonds. The lowest BCUT2D eigenvalue weighted by Gasteiger charge is -2.30. The molecule has 1 aliphatic heterocycles. The largest absolute Gasteiger partial charge is 0.324 e. The maximum absolute atomic E-state index is 5.29. The number of rotatable bonds is 4. The van der Waals surface area contributed by atoms with Crippen molar-refractivity contribution < 1.29 is 0 Å². The van der Waals surface area contributed by atoms with Gasteiger partial charge in [0.2, 0.25) is 0 Å². The van der Waals surface area contributed by atoms with Gasteiger partial charge < -0.3 is 5.32 Å².